The van der Waals surface area contributed by atoms with Crippen molar-refractivity contribution >= 4 is 45.8 Å². The SMILES string of the molecule is O=C(Nc1ccccc1-c1nc2ccccc2[nH]1)C1CC1(Cl)Cl. The van der Waals surface area contributed by atoms with E-state index in [0.717, 1.165) is 16.6 Å². The molecular formula is C17H13Cl2N3O. The van der Waals surface area contributed by atoms with E-state index in [9.17, 15) is 4.79 Å². The van der Waals surface area contributed by atoms with Gasteiger partial charge in [0, 0.05) is 5.56 Å². The molecule has 1 unspecified atom stereocenters. The van der Waals surface area contributed by atoms with Crippen molar-refractivity contribution in [1.29, 1.82) is 0 Å². The number of benzene rings is 2. The maximum absolute atomic E-state index is 12.2. The van der Waals surface area contributed by atoms with Gasteiger partial charge in [0.05, 0.1) is 22.6 Å². The minimum Gasteiger partial charge on any atom is -0.338 e. The number of para-hydroxylation sites is 3. The molecule has 3 aromatic rings. The number of aromatic nitrogens is 2. The van der Waals surface area contributed by atoms with Gasteiger partial charge in [-0.2, -0.15) is 0 Å². The second-order valence-electron chi connectivity index (χ2n) is 5.66. The van der Waals surface area contributed by atoms with Gasteiger partial charge >= 0.3 is 0 Å². The summed E-state index contributed by atoms with van der Waals surface area (Å²) in [7, 11) is 0. The maximum atomic E-state index is 12.2. The Morgan fingerprint density at radius 2 is 1.87 bits per heavy atom. The largest absolute Gasteiger partial charge is 0.338 e. The number of halogens is 2. The molecule has 116 valence electrons. The van der Waals surface area contributed by atoms with Crippen LogP contribution in [-0.2, 0) is 4.79 Å². The number of hydrogen-bond acceptors (Lipinski definition) is 2. The lowest BCUT2D eigenvalue weighted by atomic mass is 10.1. The van der Waals surface area contributed by atoms with Gasteiger partial charge in [-0.25, -0.2) is 4.98 Å². The topological polar surface area (TPSA) is 57.8 Å². The summed E-state index contributed by atoms with van der Waals surface area (Å²) < 4.78 is -0.932. The second kappa shape index (κ2) is 5.25. The fraction of sp³-hybridized carbons (Fsp3) is 0.176. The maximum Gasteiger partial charge on any atom is 0.230 e. The third-order valence-corrected chi connectivity index (χ3v) is 4.81. The number of H-pyrrole nitrogens is 1. The van der Waals surface area contributed by atoms with Gasteiger partial charge in [0.15, 0.2) is 0 Å². The molecule has 6 heteroatoms. The Kier molecular flexibility index (Phi) is 3.32. The number of alkyl halides is 2. The van der Waals surface area contributed by atoms with Crippen molar-refractivity contribution < 1.29 is 4.79 Å². The predicted molar refractivity (Wildman–Crippen MR) is 92.7 cm³/mol. The molecule has 23 heavy (non-hydrogen) atoms. The number of carbonyl (C=O) groups is 1. The first kappa shape index (κ1) is 14.5. The highest BCUT2D eigenvalue weighted by Crippen LogP contribution is 2.53. The van der Waals surface area contributed by atoms with Crippen LogP contribution in [0.2, 0.25) is 0 Å². The van der Waals surface area contributed by atoms with Crippen molar-refractivity contribution in [3.8, 4) is 11.4 Å². The molecule has 0 radical (unpaired) electrons. The minimum atomic E-state index is -0.932. The van der Waals surface area contributed by atoms with Crippen LogP contribution in [0.15, 0.2) is 48.5 Å². The second-order valence-corrected chi connectivity index (χ2v) is 7.20. The third-order valence-electron chi connectivity index (χ3n) is 3.97. The summed E-state index contributed by atoms with van der Waals surface area (Å²) in [4.78, 5) is 20.1. The van der Waals surface area contributed by atoms with E-state index in [2.05, 4.69) is 15.3 Å². The zero-order valence-electron chi connectivity index (χ0n) is 12.0. The van der Waals surface area contributed by atoms with Gasteiger partial charge in [0.2, 0.25) is 5.91 Å². The summed E-state index contributed by atoms with van der Waals surface area (Å²) in [6.45, 7) is 0. The summed E-state index contributed by atoms with van der Waals surface area (Å²) in [6.07, 6.45) is 0.481. The van der Waals surface area contributed by atoms with Gasteiger partial charge in [0.1, 0.15) is 10.2 Å². The highest BCUT2D eigenvalue weighted by molar-refractivity contribution is 6.52. The molecule has 4 rings (SSSR count). The Bertz CT molecular complexity index is 870. The van der Waals surface area contributed by atoms with Gasteiger partial charge in [0.25, 0.3) is 0 Å². The van der Waals surface area contributed by atoms with Crippen LogP contribution in [0.4, 0.5) is 5.69 Å². The molecule has 1 saturated carbocycles. The van der Waals surface area contributed by atoms with Gasteiger partial charge in [-0.3, -0.25) is 4.79 Å². The van der Waals surface area contributed by atoms with Gasteiger partial charge in [-0.05, 0) is 30.7 Å². The minimum absolute atomic E-state index is 0.168. The van der Waals surface area contributed by atoms with Crippen LogP contribution in [0, 0.1) is 5.92 Å². The first-order chi connectivity index (χ1) is 11.0. The van der Waals surface area contributed by atoms with Crippen molar-refractivity contribution in [3.63, 3.8) is 0 Å². The average molecular weight is 346 g/mol. The average Bonchev–Trinajstić information content (AvgIpc) is 2.99. The number of anilines is 1. The molecule has 2 N–H and O–H groups in total. The number of carbonyl (C=O) groups excluding carboxylic acids is 1. The molecule has 1 amide bonds. The van der Waals surface area contributed by atoms with E-state index >= 15 is 0 Å². The van der Waals surface area contributed by atoms with E-state index in [1.54, 1.807) is 0 Å². The van der Waals surface area contributed by atoms with E-state index in [-0.39, 0.29) is 11.8 Å². The molecule has 2 aromatic carbocycles. The van der Waals surface area contributed by atoms with Crippen molar-refractivity contribution in [3.05, 3.63) is 48.5 Å². The molecule has 1 heterocycles. The van der Waals surface area contributed by atoms with Crippen molar-refractivity contribution in [2.24, 2.45) is 5.92 Å². The quantitative estimate of drug-likeness (QED) is 0.692. The highest BCUT2D eigenvalue weighted by atomic mass is 35.5. The number of nitrogens with zero attached hydrogens (tertiary/aromatic N) is 1. The first-order valence-corrected chi connectivity index (χ1v) is 8.03. The zero-order chi connectivity index (χ0) is 16.0. The van der Waals surface area contributed by atoms with Gasteiger partial charge in [-0.15, -0.1) is 23.2 Å². The lowest BCUT2D eigenvalue weighted by molar-refractivity contribution is -0.117. The Morgan fingerprint density at radius 3 is 2.61 bits per heavy atom. The monoisotopic (exact) mass is 345 g/mol. The number of amides is 1. The van der Waals surface area contributed by atoms with E-state index in [0.29, 0.717) is 17.9 Å². The Hall–Kier alpha value is -2.04. The summed E-state index contributed by atoms with van der Waals surface area (Å²) in [5.74, 6) is 0.175. The summed E-state index contributed by atoms with van der Waals surface area (Å²) >= 11 is 11.9. The fourth-order valence-electron chi connectivity index (χ4n) is 2.60. The van der Waals surface area contributed by atoms with Crippen LogP contribution >= 0.6 is 23.2 Å². The molecular weight excluding hydrogens is 333 g/mol. The number of hydrogen-bond donors (Lipinski definition) is 2. The lowest BCUT2D eigenvalue weighted by Gasteiger charge is -2.09. The summed E-state index contributed by atoms with van der Waals surface area (Å²) in [5, 5.41) is 2.90. The lowest BCUT2D eigenvalue weighted by Crippen LogP contribution is -2.17. The number of aromatic amines is 1. The number of imidazole rings is 1. The smallest absolute Gasteiger partial charge is 0.230 e. The number of rotatable bonds is 3. The normalized spacial score (nSPS) is 18.8. The Labute approximate surface area is 142 Å². The van der Waals surface area contributed by atoms with Crippen LogP contribution < -0.4 is 5.32 Å². The predicted octanol–water partition coefficient (Wildman–Crippen LogP) is 4.36. The number of fused-ring (bicyclic) bond motifs is 1. The summed E-state index contributed by atoms with van der Waals surface area (Å²) in [6, 6.07) is 15.3. The molecule has 1 aromatic heterocycles. The Balaban J connectivity index is 1.68. The van der Waals surface area contributed by atoms with Crippen molar-refractivity contribution in [1.82, 2.24) is 9.97 Å². The standard InChI is InChI=1S/C17H13Cl2N3O/c18-17(19)9-11(17)16(23)22-12-6-2-1-5-10(12)15-20-13-7-3-4-8-14(13)21-15/h1-8,11H,9H2,(H,20,21)(H,22,23). The zero-order valence-corrected chi connectivity index (χ0v) is 13.5. The van der Waals surface area contributed by atoms with Crippen LogP contribution in [0.5, 0.6) is 0 Å². The van der Waals surface area contributed by atoms with Gasteiger partial charge < -0.3 is 10.3 Å². The van der Waals surface area contributed by atoms with Crippen molar-refractivity contribution in [2.45, 2.75) is 10.8 Å². The van der Waals surface area contributed by atoms with E-state index in [1.807, 2.05) is 48.5 Å². The van der Waals surface area contributed by atoms with E-state index in [4.69, 9.17) is 23.2 Å². The molecule has 4 nitrogen and oxygen atoms in total. The van der Waals surface area contributed by atoms with E-state index in [1.165, 1.54) is 0 Å². The first-order valence-electron chi connectivity index (χ1n) is 7.27. The summed E-state index contributed by atoms with van der Waals surface area (Å²) in [5.41, 5.74) is 3.35. The molecule has 1 fully saturated rings. The van der Waals surface area contributed by atoms with Crippen LogP contribution in [0.25, 0.3) is 22.4 Å². The third kappa shape index (κ3) is 2.69. The highest BCUT2D eigenvalue weighted by Gasteiger charge is 2.56. The van der Waals surface area contributed by atoms with Crippen LogP contribution in [-0.4, -0.2) is 20.2 Å². The molecule has 1 aliphatic rings. The van der Waals surface area contributed by atoms with Crippen molar-refractivity contribution in [2.75, 3.05) is 5.32 Å². The molecule has 0 spiro atoms. The fourth-order valence-corrected chi connectivity index (χ4v) is 3.10. The molecule has 0 saturated heterocycles. The Morgan fingerprint density at radius 1 is 1.17 bits per heavy atom. The molecule has 0 aliphatic heterocycles. The van der Waals surface area contributed by atoms with Gasteiger partial charge in [-0.1, -0.05) is 24.3 Å². The molecule has 1 aliphatic carbocycles. The molecule has 0 bridgehead atoms. The number of nitrogens with one attached hydrogen (secondary N) is 2. The van der Waals surface area contributed by atoms with E-state index < -0.39 is 4.33 Å². The molecule has 1 atom stereocenters. The van der Waals surface area contributed by atoms with Crippen LogP contribution in [0.1, 0.15) is 6.42 Å². The van der Waals surface area contributed by atoms with Crippen LogP contribution in [0.3, 0.4) is 0 Å².